The molecule has 0 fully saturated rings. The monoisotopic (exact) mass is 546 g/mol. The fraction of sp³-hybridized carbons (Fsp3) is 0.300. The molecule has 31 heavy (non-hydrogen) atoms. The first-order valence-corrected chi connectivity index (χ1v) is 12.2. The number of likely N-dealkylation sites (N-methyl/N-ethyl adjacent to an activating group) is 1. The van der Waals surface area contributed by atoms with Gasteiger partial charge in [-0.1, -0.05) is 27.3 Å². The van der Waals surface area contributed by atoms with Crippen LogP contribution in [0.5, 0.6) is 0 Å². The minimum Gasteiger partial charge on any atom is -0.308 e. The van der Waals surface area contributed by atoms with Crippen molar-refractivity contribution in [1.29, 1.82) is 0 Å². The van der Waals surface area contributed by atoms with Crippen molar-refractivity contribution < 1.29 is 13.2 Å². The number of nitrogens with zero attached hydrogens (tertiary/aromatic N) is 4. The second-order valence-corrected chi connectivity index (χ2v) is 11.3. The number of hydrogen-bond donors (Lipinski definition) is 0. The summed E-state index contributed by atoms with van der Waals surface area (Å²) in [6, 6.07) is 11.8. The lowest BCUT2D eigenvalue weighted by atomic mass is 10.2. The number of anilines is 1. The van der Waals surface area contributed by atoms with E-state index in [1.807, 2.05) is 37.2 Å². The summed E-state index contributed by atoms with van der Waals surface area (Å²) in [7, 11) is 3.29. The largest absolute Gasteiger partial charge is 0.308 e. The van der Waals surface area contributed by atoms with E-state index in [0.29, 0.717) is 23.8 Å². The Balaban J connectivity index is 0.00000341. The molecular formula is C20H24BrClN4O3S2. The molecule has 0 N–H and O–H groups in total. The van der Waals surface area contributed by atoms with Crippen molar-refractivity contribution in [3.8, 4) is 0 Å². The predicted molar refractivity (Wildman–Crippen MR) is 132 cm³/mol. The number of aromatic nitrogens is 1. The number of carbonyl (C=O) groups is 1. The third-order valence-electron chi connectivity index (χ3n) is 4.47. The number of thiazole rings is 1. The number of amides is 1. The van der Waals surface area contributed by atoms with Gasteiger partial charge in [0.15, 0.2) is 5.13 Å². The number of carbonyl (C=O) groups excluding carboxylic acids is 1. The lowest BCUT2D eigenvalue weighted by Crippen LogP contribution is -2.36. The molecule has 2 aromatic carbocycles. The molecule has 7 nitrogen and oxygen atoms in total. The number of rotatable bonds is 7. The van der Waals surface area contributed by atoms with Gasteiger partial charge in [0.05, 0.1) is 15.1 Å². The fourth-order valence-corrected chi connectivity index (χ4v) is 5.17. The van der Waals surface area contributed by atoms with Gasteiger partial charge in [-0.15, -0.1) is 12.4 Å². The maximum atomic E-state index is 13.3. The molecule has 0 saturated heterocycles. The average Bonchev–Trinajstić information content (AvgIpc) is 3.10. The van der Waals surface area contributed by atoms with Gasteiger partial charge in [0.1, 0.15) is 0 Å². The van der Waals surface area contributed by atoms with Gasteiger partial charge < -0.3 is 4.90 Å². The van der Waals surface area contributed by atoms with Crippen LogP contribution in [0.25, 0.3) is 10.2 Å². The first kappa shape index (κ1) is 25.7. The number of benzene rings is 2. The summed E-state index contributed by atoms with van der Waals surface area (Å²) in [5.74, 6) is -0.219. The van der Waals surface area contributed by atoms with Gasteiger partial charge in [-0.05, 0) is 56.6 Å². The van der Waals surface area contributed by atoms with E-state index >= 15 is 0 Å². The van der Waals surface area contributed by atoms with Crippen LogP contribution < -0.4 is 4.90 Å². The Bertz CT molecular complexity index is 1160. The average molecular weight is 548 g/mol. The Hall–Kier alpha value is -1.56. The lowest BCUT2D eigenvalue weighted by molar-refractivity contribution is 0.0985. The summed E-state index contributed by atoms with van der Waals surface area (Å²) >= 11 is 4.91. The zero-order chi connectivity index (χ0) is 22.1. The van der Waals surface area contributed by atoms with Crippen LogP contribution in [-0.2, 0) is 10.0 Å². The van der Waals surface area contributed by atoms with Crippen LogP contribution in [0.2, 0.25) is 0 Å². The molecule has 0 spiro atoms. The van der Waals surface area contributed by atoms with Gasteiger partial charge >= 0.3 is 0 Å². The van der Waals surface area contributed by atoms with Gasteiger partial charge in [0.2, 0.25) is 10.0 Å². The highest BCUT2D eigenvalue weighted by molar-refractivity contribution is 9.10. The van der Waals surface area contributed by atoms with Crippen molar-refractivity contribution in [2.45, 2.75) is 4.90 Å². The number of halogens is 2. The third kappa shape index (κ3) is 5.82. The zero-order valence-corrected chi connectivity index (χ0v) is 21.6. The minimum atomic E-state index is -3.55. The molecule has 1 amide bonds. The van der Waals surface area contributed by atoms with Crippen molar-refractivity contribution in [3.05, 3.63) is 52.5 Å². The van der Waals surface area contributed by atoms with Crippen LogP contribution in [0.15, 0.2) is 51.8 Å². The molecule has 0 unspecified atom stereocenters. The van der Waals surface area contributed by atoms with E-state index in [4.69, 9.17) is 0 Å². The molecule has 0 saturated carbocycles. The maximum Gasteiger partial charge on any atom is 0.260 e. The van der Waals surface area contributed by atoms with E-state index in [9.17, 15) is 13.2 Å². The highest BCUT2D eigenvalue weighted by Crippen LogP contribution is 2.31. The van der Waals surface area contributed by atoms with E-state index in [2.05, 4.69) is 20.9 Å². The van der Waals surface area contributed by atoms with Crippen molar-refractivity contribution in [3.63, 3.8) is 0 Å². The number of fused-ring (bicyclic) bond motifs is 1. The Labute approximate surface area is 201 Å². The molecular weight excluding hydrogens is 524 g/mol. The number of sulfonamides is 1. The van der Waals surface area contributed by atoms with E-state index in [1.54, 1.807) is 17.0 Å². The molecule has 168 valence electrons. The Morgan fingerprint density at radius 2 is 1.68 bits per heavy atom. The van der Waals surface area contributed by atoms with Crippen LogP contribution in [0.3, 0.4) is 0 Å². The molecule has 1 heterocycles. The standard InChI is InChI=1S/C20H23BrN4O3S2.ClH/c1-23(2)11-12-25(20-22-17-10-7-15(21)13-18(17)29-20)19(26)14-5-8-16(9-6-14)30(27,28)24(3)4;/h5-10,13H,11-12H2,1-4H3;1H. The SMILES string of the molecule is CN(C)CCN(C(=O)c1ccc(S(=O)(=O)N(C)C)cc1)c1nc2ccc(Br)cc2s1.Cl. The van der Waals surface area contributed by atoms with E-state index in [-0.39, 0.29) is 23.2 Å². The normalized spacial score (nSPS) is 11.7. The van der Waals surface area contributed by atoms with Crippen molar-refractivity contribution >= 4 is 71.0 Å². The van der Waals surface area contributed by atoms with Crippen LogP contribution in [0.1, 0.15) is 10.4 Å². The topological polar surface area (TPSA) is 73.8 Å². The minimum absolute atomic E-state index is 0. The first-order chi connectivity index (χ1) is 14.1. The summed E-state index contributed by atoms with van der Waals surface area (Å²) in [5, 5.41) is 0.611. The molecule has 0 aliphatic rings. The van der Waals surface area contributed by atoms with E-state index < -0.39 is 10.0 Å². The second kappa shape index (κ2) is 10.4. The summed E-state index contributed by atoms with van der Waals surface area (Å²) < 4.78 is 27.7. The summed E-state index contributed by atoms with van der Waals surface area (Å²) in [4.78, 5) is 21.7. The molecule has 0 atom stereocenters. The molecule has 3 rings (SSSR count). The van der Waals surface area contributed by atoms with Gasteiger partial charge in [-0.3, -0.25) is 9.69 Å². The van der Waals surface area contributed by atoms with Gasteiger partial charge in [-0.25, -0.2) is 17.7 Å². The van der Waals surface area contributed by atoms with E-state index in [1.165, 1.54) is 37.6 Å². The summed E-state index contributed by atoms with van der Waals surface area (Å²) in [5.41, 5.74) is 1.24. The molecule has 3 aromatic rings. The molecule has 0 aliphatic heterocycles. The Kier molecular flexibility index (Phi) is 8.60. The van der Waals surface area contributed by atoms with E-state index in [0.717, 1.165) is 19.0 Å². The van der Waals surface area contributed by atoms with Crippen LogP contribution in [-0.4, -0.2) is 69.8 Å². The van der Waals surface area contributed by atoms with Gasteiger partial charge in [0.25, 0.3) is 5.91 Å². The number of hydrogen-bond acceptors (Lipinski definition) is 6. The summed E-state index contributed by atoms with van der Waals surface area (Å²) in [6.07, 6.45) is 0. The van der Waals surface area contributed by atoms with Crippen molar-refractivity contribution in [1.82, 2.24) is 14.2 Å². The zero-order valence-electron chi connectivity index (χ0n) is 17.6. The smallest absolute Gasteiger partial charge is 0.260 e. The molecule has 1 aromatic heterocycles. The van der Waals surface area contributed by atoms with Gasteiger partial charge in [-0.2, -0.15) is 0 Å². The summed E-state index contributed by atoms with van der Waals surface area (Å²) in [6.45, 7) is 1.13. The Morgan fingerprint density at radius 1 is 1.03 bits per heavy atom. The van der Waals surface area contributed by atoms with Crippen LogP contribution >= 0.6 is 39.7 Å². The maximum absolute atomic E-state index is 13.3. The highest BCUT2D eigenvalue weighted by atomic mass is 79.9. The Morgan fingerprint density at radius 3 is 2.26 bits per heavy atom. The van der Waals surface area contributed by atoms with Crippen LogP contribution in [0, 0.1) is 0 Å². The fourth-order valence-electron chi connectivity index (χ4n) is 2.72. The highest BCUT2D eigenvalue weighted by Gasteiger charge is 2.23. The first-order valence-electron chi connectivity index (χ1n) is 9.15. The molecule has 11 heteroatoms. The van der Waals surface area contributed by atoms with Gasteiger partial charge in [0, 0.05) is 37.2 Å². The van der Waals surface area contributed by atoms with Crippen molar-refractivity contribution in [2.24, 2.45) is 0 Å². The second-order valence-electron chi connectivity index (χ2n) is 7.18. The predicted octanol–water partition coefficient (Wildman–Crippen LogP) is 3.94. The van der Waals surface area contributed by atoms with Crippen LogP contribution in [0.4, 0.5) is 5.13 Å². The molecule has 0 bridgehead atoms. The third-order valence-corrected chi connectivity index (χ3v) is 7.83. The lowest BCUT2D eigenvalue weighted by Gasteiger charge is -2.22. The van der Waals surface area contributed by atoms with Crippen molar-refractivity contribution in [2.75, 3.05) is 46.2 Å². The molecule has 0 aliphatic carbocycles. The molecule has 0 radical (unpaired) electrons. The quantitative estimate of drug-likeness (QED) is 0.448.